The third-order valence-electron chi connectivity index (χ3n) is 6.61. The molecule has 2 aliphatic heterocycles. The predicted molar refractivity (Wildman–Crippen MR) is 109 cm³/mol. The van der Waals surface area contributed by atoms with Crippen LogP contribution in [0.1, 0.15) is 32.6 Å². The molecule has 4 heterocycles. The molecule has 5 rings (SSSR count). The van der Waals surface area contributed by atoms with Crippen LogP contribution in [0.5, 0.6) is 11.6 Å². The Morgan fingerprint density at radius 1 is 1.21 bits per heavy atom. The molecule has 1 aromatic carbocycles. The zero-order valence-electron chi connectivity index (χ0n) is 16.7. The summed E-state index contributed by atoms with van der Waals surface area (Å²) in [7, 11) is 2.23. The lowest BCUT2D eigenvalue weighted by Crippen LogP contribution is -2.51. The molecule has 2 saturated heterocycles. The average molecular weight is 391 g/mol. The van der Waals surface area contributed by atoms with Gasteiger partial charge < -0.3 is 14.4 Å². The van der Waals surface area contributed by atoms with Crippen molar-refractivity contribution < 1.29 is 9.84 Å². The van der Waals surface area contributed by atoms with Crippen LogP contribution >= 0.6 is 0 Å². The Morgan fingerprint density at radius 2 is 2.10 bits per heavy atom. The normalized spacial score (nSPS) is 26.6. The van der Waals surface area contributed by atoms with Gasteiger partial charge in [0.05, 0.1) is 17.7 Å². The van der Waals surface area contributed by atoms with Gasteiger partial charge in [0.15, 0.2) is 0 Å². The molecule has 150 valence electrons. The molecule has 1 N–H and O–H groups in total. The summed E-state index contributed by atoms with van der Waals surface area (Å²) in [4.78, 5) is 6.54. The standard InChI is InChI=1S/C22H25N5O2/c1-22-8-7-15(26(22)2)11-17(13-22)29-21-6-5-19(24-25-21)18-4-3-16(12-20(18)28)27-10-9-23-14-27/h3-6,9-10,12,14-15,17,28H,7-8,11,13H2,1-2H3/t15?,17-,22+/m1/s1. The van der Waals surface area contributed by atoms with E-state index in [4.69, 9.17) is 4.74 Å². The molecule has 2 fully saturated rings. The van der Waals surface area contributed by atoms with Crippen molar-refractivity contribution in [3.8, 4) is 28.6 Å². The lowest BCUT2D eigenvalue weighted by molar-refractivity contribution is 0.0157. The Balaban J connectivity index is 1.31. The van der Waals surface area contributed by atoms with Crippen LogP contribution in [-0.2, 0) is 0 Å². The molecule has 3 atom stereocenters. The number of hydrogen-bond acceptors (Lipinski definition) is 6. The van der Waals surface area contributed by atoms with E-state index in [-0.39, 0.29) is 17.4 Å². The Morgan fingerprint density at radius 3 is 2.79 bits per heavy atom. The lowest BCUT2D eigenvalue weighted by atomic mass is 9.89. The van der Waals surface area contributed by atoms with E-state index < -0.39 is 0 Å². The zero-order chi connectivity index (χ0) is 20.0. The van der Waals surface area contributed by atoms with E-state index >= 15 is 0 Å². The number of phenols is 1. The molecule has 0 amide bonds. The maximum Gasteiger partial charge on any atom is 0.233 e. The molecule has 0 radical (unpaired) electrons. The van der Waals surface area contributed by atoms with E-state index in [0.29, 0.717) is 23.2 Å². The van der Waals surface area contributed by atoms with Gasteiger partial charge in [-0.3, -0.25) is 4.90 Å². The maximum absolute atomic E-state index is 10.5. The molecule has 1 unspecified atom stereocenters. The highest BCUT2D eigenvalue weighted by atomic mass is 16.5. The summed E-state index contributed by atoms with van der Waals surface area (Å²) >= 11 is 0. The van der Waals surface area contributed by atoms with Crippen molar-refractivity contribution in [2.45, 2.75) is 50.3 Å². The third kappa shape index (κ3) is 3.25. The monoisotopic (exact) mass is 391 g/mol. The van der Waals surface area contributed by atoms with Gasteiger partial charge >= 0.3 is 0 Å². The van der Waals surface area contributed by atoms with E-state index in [1.165, 1.54) is 12.8 Å². The number of ether oxygens (including phenoxy) is 1. The van der Waals surface area contributed by atoms with E-state index in [1.54, 1.807) is 18.6 Å². The van der Waals surface area contributed by atoms with Gasteiger partial charge in [-0.15, -0.1) is 10.2 Å². The minimum absolute atomic E-state index is 0.152. The smallest absolute Gasteiger partial charge is 0.233 e. The average Bonchev–Trinajstić information content (AvgIpc) is 3.29. The number of benzene rings is 1. The highest BCUT2D eigenvalue weighted by Crippen LogP contribution is 2.43. The molecule has 29 heavy (non-hydrogen) atoms. The topological polar surface area (TPSA) is 76.3 Å². The number of aromatic nitrogens is 4. The second-order valence-electron chi connectivity index (χ2n) is 8.41. The number of hydrogen-bond donors (Lipinski definition) is 1. The highest BCUT2D eigenvalue weighted by molar-refractivity contribution is 5.68. The molecule has 0 saturated carbocycles. The first-order valence-corrected chi connectivity index (χ1v) is 10.1. The maximum atomic E-state index is 10.5. The number of phenolic OH excluding ortho intramolecular Hbond substituents is 1. The third-order valence-corrected chi connectivity index (χ3v) is 6.61. The summed E-state index contributed by atoms with van der Waals surface area (Å²) in [6, 6.07) is 9.73. The van der Waals surface area contributed by atoms with E-state index in [0.717, 1.165) is 18.5 Å². The second kappa shape index (κ2) is 6.84. The van der Waals surface area contributed by atoms with Gasteiger partial charge in [-0.2, -0.15) is 0 Å². The molecule has 2 aliphatic rings. The van der Waals surface area contributed by atoms with Crippen molar-refractivity contribution in [2.75, 3.05) is 7.05 Å². The Hall–Kier alpha value is -2.93. The van der Waals surface area contributed by atoms with Gasteiger partial charge in [0.1, 0.15) is 11.9 Å². The van der Waals surface area contributed by atoms with Crippen molar-refractivity contribution in [2.24, 2.45) is 0 Å². The molecule has 3 aromatic rings. The van der Waals surface area contributed by atoms with Gasteiger partial charge in [0.25, 0.3) is 0 Å². The van der Waals surface area contributed by atoms with Gasteiger partial charge in [-0.25, -0.2) is 4.98 Å². The van der Waals surface area contributed by atoms with Crippen molar-refractivity contribution in [3.05, 3.63) is 49.1 Å². The molecular weight excluding hydrogens is 366 g/mol. The Kier molecular flexibility index (Phi) is 4.28. The van der Waals surface area contributed by atoms with Crippen LogP contribution in [0.2, 0.25) is 0 Å². The molecule has 7 nitrogen and oxygen atoms in total. The lowest BCUT2D eigenvalue weighted by Gasteiger charge is -2.43. The van der Waals surface area contributed by atoms with Crippen LogP contribution in [0, 0.1) is 0 Å². The van der Waals surface area contributed by atoms with Crippen LogP contribution in [0.15, 0.2) is 49.1 Å². The van der Waals surface area contributed by atoms with Crippen LogP contribution in [-0.4, -0.2) is 54.5 Å². The fraction of sp³-hybridized carbons (Fsp3) is 0.409. The number of rotatable bonds is 4. The van der Waals surface area contributed by atoms with Crippen molar-refractivity contribution >= 4 is 0 Å². The molecule has 2 bridgehead atoms. The summed E-state index contributed by atoms with van der Waals surface area (Å²) in [6.07, 6.45) is 9.91. The summed E-state index contributed by atoms with van der Waals surface area (Å²) in [5.74, 6) is 0.694. The Bertz CT molecular complexity index is 1000. The first kappa shape index (κ1) is 18.1. The van der Waals surface area contributed by atoms with Crippen LogP contribution in [0.25, 0.3) is 16.9 Å². The van der Waals surface area contributed by atoms with Gasteiger partial charge in [-0.1, -0.05) is 0 Å². The number of imidazole rings is 1. The largest absolute Gasteiger partial charge is 0.507 e. The SMILES string of the molecule is CN1C2CC[C@@]1(C)C[C@H](Oc1ccc(-c3ccc(-n4ccnc4)cc3O)nn1)C2. The fourth-order valence-electron chi connectivity index (χ4n) is 4.78. The summed E-state index contributed by atoms with van der Waals surface area (Å²) in [6.45, 7) is 2.33. The molecule has 0 spiro atoms. The summed E-state index contributed by atoms with van der Waals surface area (Å²) in [5.41, 5.74) is 2.31. The van der Waals surface area contributed by atoms with E-state index in [1.807, 2.05) is 35.0 Å². The molecule has 2 aromatic heterocycles. The first-order valence-electron chi connectivity index (χ1n) is 10.1. The van der Waals surface area contributed by atoms with E-state index in [2.05, 4.69) is 34.1 Å². The number of nitrogens with zero attached hydrogens (tertiary/aromatic N) is 5. The van der Waals surface area contributed by atoms with Crippen molar-refractivity contribution in [1.29, 1.82) is 0 Å². The summed E-state index contributed by atoms with van der Waals surface area (Å²) < 4.78 is 8.00. The zero-order valence-corrected chi connectivity index (χ0v) is 16.7. The van der Waals surface area contributed by atoms with Crippen LogP contribution in [0.4, 0.5) is 0 Å². The number of aromatic hydroxyl groups is 1. The first-order chi connectivity index (χ1) is 14.0. The van der Waals surface area contributed by atoms with Gasteiger partial charge in [0.2, 0.25) is 5.88 Å². The van der Waals surface area contributed by atoms with Crippen molar-refractivity contribution in [1.82, 2.24) is 24.6 Å². The number of piperidine rings is 1. The molecule has 0 aliphatic carbocycles. The Labute approximate surface area is 170 Å². The predicted octanol–water partition coefficient (Wildman–Crippen LogP) is 3.43. The highest BCUT2D eigenvalue weighted by Gasteiger charge is 2.47. The van der Waals surface area contributed by atoms with Crippen LogP contribution < -0.4 is 4.74 Å². The van der Waals surface area contributed by atoms with Gasteiger partial charge in [0, 0.05) is 48.1 Å². The fourth-order valence-corrected chi connectivity index (χ4v) is 4.78. The number of fused-ring (bicyclic) bond motifs is 2. The minimum atomic E-state index is 0.152. The second-order valence-corrected chi connectivity index (χ2v) is 8.41. The quantitative estimate of drug-likeness (QED) is 0.734. The summed E-state index contributed by atoms with van der Waals surface area (Å²) in [5, 5.41) is 19.0. The minimum Gasteiger partial charge on any atom is -0.507 e. The molecule has 7 heteroatoms. The van der Waals surface area contributed by atoms with Crippen LogP contribution in [0.3, 0.4) is 0 Å². The van der Waals surface area contributed by atoms with Crippen molar-refractivity contribution in [3.63, 3.8) is 0 Å². The molecular formula is C22H25N5O2. The van der Waals surface area contributed by atoms with E-state index in [9.17, 15) is 5.11 Å². The van der Waals surface area contributed by atoms with Gasteiger partial charge in [-0.05, 0) is 51.4 Å².